The minimum Gasteiger partial charge on any atom is -0.496 e. The number of nitrogens with zero attached hydrogens (tertiary/aromatic N) is 3. The van der Waals surface area contributed by atoms with Gasteiger partial charge in [0.1, 0.15) is 10.8 Å². The molecule has 0 radical (unpaired) electrons. The first-order chi connectivity index (χ1) is 11.6. The molecule has 0 unspecified atom stereocenters. The molecule has 0 atom stereocenters. The van der Waals surface area contributed by atoms with Crippen LogP contribution >= 0.6 is 27.3 Å². The van der Waals surface area contributed by atoms with E-state index in [2.05, 4.69) is 26.1 Å². The fourth-order valence-electron chi connectivity index (χ4n) is 2.15. The highest BCUT2D eigenvalue weighted by Crippen LogP contribution is 2.30. The molecule has 0 N–H and O–H groups in total. The predicted octanol–water partition coefficient (Wildman–Crippen LogP) is 4.25. The van der Waals surface area contributed by atoms with E-state index in [0.29, 0.717) is 16.4 Å². The van der Waals surface area contributed by atoms with Gasteiger partial charge >= 0.3 is 0 Å². The minimum atomic E-state index is -0.189. The van der Waals surface area contributed by atoms with Gasteiger partial charge in [0.15, 0.2) is 0 Å². The van der Waals surface area contributed by atoms with Crippen LogP contribution in [0.4, 0.5) is 5.13 Å². The summed E-state index contributed by atoms with van der Waals surface area (Å²) in [5.41, 5.74) is 1.45. The molecule has 5 nitrogen and oxygen atoms in total. The molecule has 1 heterocycles. The van der Waals surface area contributed by atoms with Gasteiger partial charge in [-0.1, -0.05) is 51.5 Å². The van der Waals surface area contributed by atoms with E-state index < -0.39 is 0 Å². The molecule has 0 aliphatic carbocycles. The second-order valence-corrected chi connectivity index (χ2v) is 6.83. The SMILES string of the molecule is COc1ccccc1C(=O)N(C)c1nnc(-c2ccc(Br)cc2)s1. The molecule has 1 amide bonds. The van der Waals surface area contributed by atoms with E-state index in [-0.39, 0.29) is 5.91 Å². The second kappa shape index (κ2) is 7.11. The van der Waals surface area contributed by atoms with Crippen LogP contribution in [0.25, 0.3) is 10.6 Å². The summed E-state index contributed by atoms with van der Waals surface area (Å²) < 4.78 is 6.25. The summed E-state index contributed by atoms with van der Waals surface area (Å²) in [7, 11) is 3.23. The van der Waals surface area contributed by atoms with Crippen molar-refractivity contribution in [1.82, 2.24) is 10.2 Å². The van der Waals surface area contributed by atoms with Crippen LogP contribution in [-0.4, -0.2) is 30.3 Å². The molecule has 0 saturated carbocycles. The van der Waals surface area contributed by atoms with E-state index >= 15 is 0 Å². The molecule has 0 aliphatic rings. The van der Waals surface area contributed by atoms with Crippen molar-refractivity contribution in [2.24, 2.45) is 0 Å². The summed E-state index contributed by atoms with van der Waals surface area (Å²) in [5.74, 6) is 0.345. The number of hydrogen-bond donors (Lipinski definition) is 0. The van der Waals surface area contributed by atoms with Gasteiger partial charge in [-0.15, -0.1) is 10.2 Å². The van der Waals surface area contributed by atoms with Gasteiger partial charge in [-0.25, -0.2) is 0 Å². The molecule has 122 valence electrons. The molecule has 3 rings (SSSR count). The maximum Gasteiger partial charge on any atom is 0.263 e. The Kier molecular flexibility index (Phi) is 4.92. The van der Waals surface area contributed by atoms with E-state index in [4.69, 9.17) is 4.74 Å². The van der Waals surface area contributed by atoms with Gasteiger partial charge in [-0.3, -0.25) is 9.69 Å². The molecule has 7 heteroatoms. The van der Waals surface area contributed by atoms with E-state index in [1.54, 1.807) is 32.4 Å². The maximum atomic E-state index is 12.7. The van der Waals surface area contributed by atoms with Crippen LogP contribution in [0.15, 0.2) is 53.0 Å². The number of aromatic nitrogens is 2. The van der Waals surface area contributed by atoms with Crippen LogP contribution in [0.5, 0.6) is 5.75 Å². The van der Waals surface area contributed by atoms with Crippen molar-refractivity contribution in [1.29, 1.82) is 0 Å². The predicted molar refractivity (Wildman–Crippen MR) is 98.8 cm³/mol. The van der Waals surface area contributed by atoms with Crippen molar-refractivity contribution >= 4 is 38.3 Å². The first-order valence-electron chi connectivity index (χ1n) is 7.10. The Hall–Kier alpha value is -2.25. The number of hydrogen-bond acceptors (Lipinski definition) is 5. The number of anilines is 1. The largest absolute Gasteiger partial charge is 0.496 e. The van der Waals surface area contributed by atoms with Gasteiger partial charge < -0.3 is 4.74 Å². The normalized spacial score (nSPS) is 10.5. The van der Waals surface area contributed by atoms with Gasteiger partial charge in [-0.05, 0) is 24.3 Å². The van der Waals surface area contributed by atoms with Crippen molar-refractivity contribution in [3.8, 4) is 16.3 Å². The third kappa shape index (κ3) is 3.32. The van der Waals surface area contributed by atoms with Crippen LogP contribution in [0.2, 0.25) is 0 Å². The first kappa shape index (κ1) is 16.6. The summed E-state index contributed by atoms with van der Waals surface area (Å²) in [6, 6.07) is 14.9. The van der Waals surface area contributed by atoms with Gasteiger partial charge in [0.05, 0.1) is 12.7 Å². The lowest BCUT2D eigenvalue weighted by atomic mass is 10.2. The second-order valence-electron chi connectivity index (χ2n) is 4.96. The summed E-state index contributed by atoms with van der Waals surface area (Å²) in [4.78, 5) is 14.2. The Balaban J connectivity index is 1.86. The van der Waals surface area contributed by atoms with Gasteiger partial charge in [0.2, 0.25) is 5.13 Å². The van der Waals surface area contributed by atoms with Crippen LogP contribution in [0, 0.1) is 0 Å². The summed E-state index contributed by atoms with van der Waals surface area (Å²) in [6.45, 7) is 0. The zero-order valence-electron chi connectivity index (χ0n) is 13.1. The first-order valence-corrected chi connectivity index (χ1v) is 8.71. The number of carbonyl (C=O) groups excluding carboxylic acids is 1. The third-order valence-electron chi connectivity index (χ3n) is 3.43. The Morgan fingerprint density at radius 2 is 1.83 bits per heavy atom. The summed E-state index contributed by atoms with van der Waals surface area (Å²) in [5, 5.41) is 9.61. The van der Waals surface area contributed by atoms with Crippen LogP contribution in [-0.2, 0) is 0 Å². The molecular weight excluding hydrogens is 390 g/mol. The van der Waals surface area contributed by atoms with Crippen molar-refractivity contribution in [2.75, 3.05) is 19.1 Å². The van der Waals surface area contributed by atoms with Crippen LogP contribution in [0.3, 0.4) is 0 Å². The molecule has 3 aromatic rings. The summed E-state index contributed by atoms with van der Waals surface area (Å²) in [6.07, 6.45) is 0. The highest BCUT2D eigenvalue weighted by Gasteiger charge is 2.20. The molecule has 2 aromatic carbocycles. The highest BCUT2D eigenvalue weighted by atomic mass is 79.9. The average molecular weight is 404 g/mol. The Morgan fingerprint density at radius 3 is 2.54 bits per heavy atom. The smallest absolute Gasteiger partial charge is 0.263 e. The maximum absolute atomic E-state index is 12.7. The quantitative estimate of drug-likeness (QED) is 0.653. The van der Waals surface area contributed by atoms with E-state index in [9.17, 15) is 4.79 Å². The topological polar surface area (TPSA) is 55.3 Å². The van der Waals surface area contributed by atoms with E-state index in [1.165, 1.54) is 16.2 Å². The van der Waals surface area contributed by atoms with Gasteiger partial charge in [-0.2, -0.15) is 0 Å². The lowest BCUT2D eigenvalue weighted by Gasteiger charge is -2.15. The van der Waals surface area contributed by atoms with Gasteiger partial charge in [0, 0.05) is 17.1 Å². The number of ether oxygens (including phenoxy) is 1. The number of para-hydroxylation sites is 1. The Morgan fingerprint density at radius 1 is 1.12 bits per heavy atom. The monoisotopic (exact) mass is 403 g/mol. The Labute approximate surface area is 152 Å². The van der Waals surface area contributed by atoms with Crippen molar-refractivity contribution in [3.63, 3.8) is 0 Å². The van der Waals surface area contributed by atoms with Gasteiger partial charge in [0.25, 0.3) is 5.91 Å². The third-order valence-corrected chi connectivity index (χ3v) is 5.01. The number of benzene rings is 2. The van der Waals surface area contributed by atoms with E-state index in [0.717, 1.165) is 15.0 Å². The fraction of sp³-hybridized carbons (Fsp3) is 0.118. The average Bonchev–Trinajstić information content (AvgIpc) is 3.11. The molecule has 0 bridgehead atoms. The number of carbonyl (C=O) groups is 1. The number of halogens is 1. The number of rotatable bonds is 4. The number of methoxy groups -OCH3 is 1. The van der Waals surface area contributed by atoms with E-state index in [1.807, 2.05) is 30.3 Å². The Bertz CT molecular complexity index is 864. The molecule has 0 fully saturated rings. The molecule has 0 aliphatic heterocycles. The molecular formula is C17H14BrN3O2S. The zero-order valence-corrected chi connectivity index (χ0v) is 15.5. The van der Waals surface area contributed by atoms with Crippen molar-refractivity contribution in [3.05, 3.63) is 58.6 Å². The molecule has 0 saturated heterocycles. The van der Waals surface area contributed by atoms with Crippen LogP contribution < -0.4 is 9.64 Å². The van der Waals surface area contributed by atoms with Crippen LogP contribution in [0.1, 0.15) is 10.4 Å². The van der Waals surface area contributed by atoms with Crippen molar-refractivity contribution in [2.45, 2.75) is 0 Å². The van der Waals surface area contributed by atoms with Crippen molar-refractivity contribution < 1.29 is 9.53 Å². The number of amides is 1. The molecule has 24 heavy (non-hydrogen) atoms. The standard InChI is InChI=1S/C17H14BrN3O2S/c1-21(16(22)13-5-3-4-6-14(13)23-2)17-20-19-15(24-17)11-7-9-12(18)10-8-11/h3-10H,1-2H3. The fourth-order valence-corrected chi connectivity index (χ4v) is 3.22. The highest BCUT2D eigenvalue weighted by molar-refractivity contribution is 9.10. The lowest BCUT2D eigenvalue weighted by molar-refractivity contribution is 0.0990. The molecule has 1 aromatic heterocycles. The minimum absolute atomic E-state index is 0.189. The molecule has 0 spiro atoms. The summed E-state index contributed by atoms with van der Waals surface area (Å²) >= 11 is 4.77. The zero-order chi connectivity index (χ0) is 17.1. The lowest BCUT2D eigenvalue weighted by Crippen LogP contribution is -2.26.